The molecule has 0 fully saturated rings. The summed E-state index contributed by atoms with van der Waals surface area (Å²) in [6.45, 7) is 0. The van der Waals surface area contributed by atoms with Gasteiger partial charge in [0.1, 0.15) is 57.5 Å². The van der Waals surface area contributed by atoms with Gasteiger partial charge in [0.25, 0.3) is 29.5 Å². The predicted octanol–water partition coefficient (Wildman–Crippen LogP) is 5.13. The number of esters is 4. The van der Waals surface area contributed by atoms with Crippen molar-refractivity contribution in [2.24, 2.45) is 0 Å². The van der Waals surface area contributed by atoms with Crippen LogP contribution in [0.4, 0.5) is 28.4 Å². The molecule has 0 saturated heterocycles. The number of nitrogens with one attached hydrogen (secondary N) is 5. The number of carbonyl (C=O) groups excluding carboxylic acids is 9. The van der Waals surface area contributed by atoms with Crippen LogP contribution in [-0.4, -0.2) is 160 Å². The van der Waals surface area contributed by atoms with Crippen LogP contribution in [0, 0.1) is 0 Å². The number of amides is 5. The topological polar surface area (TPSA) is 621 Å². The van der Waals surface area contributed by atoms with Crippen molar-refractivity contribution >= 4 is 112 Å². The summed E-state index contributed by atoms with van der Waals surface area (Å²) in [6.07, 6.45) is -4.20. The number of carbonyl (C=O) groups is 14. The van der Waals surface area contributed by atoms with Gasteiger partial charge in [-0.15, -0.1) is 0 Å². The number of benzene rings is 8. The second-order valence-corrected chi connectivity index (χ2v) is 21.8. The summed E-state index contributed by atoms with van der Waals surface area (Å²) in [5, 5.41) is 164. The van der Waals surface area contributed by atoms with Gasteiger partial charge in [-0.3, -0.25) is 47.9 Å². The number of hydrogen-bond donors (Lipinski definition) is 20. The SMILES string of the molecule is O=C(O)Cc1cc(O)c(C(=O)Nc2cc(NC(=O)c3cc(O)c(CC(=O)O)cc3O)cc(C(=O)OC(=O)c3cccc(NC(=O)c4cc(O)c(CC(=O)O)cc4O)c3C(=O)OC(=O)c3cc(NC(=O)c4cc(O)c(CC(=O)O)cc4O)cc(NC(=O)c4cc(O)c(CC(=O)O)cc4O)c3)c2)cc1O. The normalized spacial score (nSPS) is 10.7. The van der Waals surface area contributed by atoms with E-state index in [4.69, 9.17) is 9.47 Å². The van der Waals surface area contributed by atoms with E-state index in [1.54, 1.807) is 0 Å². The van der Waals surface area contributed by atoms with Crippen LogP contribution in [0.15, 0.2) is 115 Å². The van der Waals surface area contributed by atoms with Crippen LogP contribution in [0.3, 0.4) is 0 Å². The van der Waals surface area contributed by atoms with Crippen LogP contribution in [0.5, 0.6) is 57.5 Å². The molecule has 0 spiro atoms. The quantitative estimate of drug-likeness (QED) is 0.0212. The van der Waals surface area contributed by atoms with Gasteiger partial charge in [-0.05, 0) is 109 Å². The van der Waals surface area contributed by atoms with E-state index < -0.39 is 257 Å². The largest absolute Gasteiger partial charge is 0.508 e. The molecule has 8 aromatic rings. The Morgan fingerprint density at radius 1 is 0.262 bits per heavy atom. The minimum absolute atomic E-state index is 0.349. The Balaban J connectivity index is 1.20. The molecule has 20 N–H and O–H groups in total. The number of rotatable bonds is 24. The highest BCUT2D eigenvalue weighted by atomic mass is 16.6. The average molecular weight is 1420 g/mol. The molecule has 36 heteroatoms. The highest BCUT2D eigenvalue weighted by molar-refractivity contribution is 6.18. The van der Waals surface area contributed by atoms with E-state index in [-0.39, 0.29) is 22.3 Å². The number of phenolic OH excluding ortho intramolecular Hbond substituents is 10. The van der Waals surface area contributed by atoms with E-state index in [1.165, 1.54) is 0 Å². The number of carboxylic acid groups (broad SMARTS) is 5. The number of ether oxygens (including phenoxy) is 2. The third-order valence-electron chi connectivity index (χ3n) is 14.4. The molecule has 8 aromatic carbocycles. The minimum atomic E-state index is -1.99. The smallest absolute Gasteiger partial charge is 0.349 e. The van der Waals surface area contributed by atoms with Gasteiger partial charge in [-0.25, -0.2) is 19.2 Å². The highest BCUT2D eigenvalue weighted by Crippen LogP contribution is 2.36. The first-order chi connectivity index (χ1) is 48.4. The Bertz CT molecular complexity index is 4810. The maximum Gasteiger partial charge on any atom is 0.349 e. The molecule has 8 rings (SSSR count). The molecule has 0 atom stereocenters. The van der Waals surface area contributed by atoms with Crippen molar-refractivity contribution in [3.05, 3.63) is 193 Å². The molecule has 5 amide bonds. The maximum absolute atomic E-state index is 14.7. The number of phenols is 10. The monoisotopic (exact) mass is 1420 g/mol. The summed E-state index contributed by atoms with van der Waals surface area (Å²) < 4.78 is 10.4. The summed E-state index contributed by atoms with van der Waals surface area (Å²) in [7, 11) is 0. The van der Waals surface area contributed by atoms with E-state index in [1.807, 2.05) is 0 Å². The molecule has 103 heavy (non-hydrogen) atoms. The third kappa shape index (κ3) is 17.9. The lowest BCUT2D eigenvalue weighted by atomic mass is 10.0. The fraction of sp³-hybridized carbons (Fsp3) is 0.0746. The second kappa shape index (κ2) is 30.4. The zero-order chi connectivity index (χ0) is 75.7. The van der Waals surface area contributed by atoms with Crippen LogP contribution in [0.1, 0.15) is 121 Å². The van der Waals surface area contributed by atoms with E-state index >= 15 is 0 Å². The van der Waals surface area contributed by atoms with Crippen molar-refractivity contribution in [2.75, 3.05) is 26.6 Å². The predicted molar refractivity (Wildman–Crippen MR) is 344 cm³/mol. The van der Waals surface area contributed by atoms with Crippen LogP contribution in [-0.2, 0) is 65.6 Å². The molecule has 0 bridgehead atoms. The van der Waals surface area contributed by atoms with Crippen molar-refractivity contribution in [3.8, 4) is 57.5 Å². The molecule has 0 saturated carbocycles. The maximum atomic E-state index is 14.7. The van der Waals surface area contributed by atoms with Crippen LogP contribution in [0.2, 0.25) is 0 Å². The van der Waals surface area contributed by atoms with Gasteiger partial charge in [-0.2, -0.15) is 0 Å². The Morgan fingerprint density at radius 3 is 0.757 bits per heavy atom. The summed E-state index contributed by atoms with van der Waals surface area (Å²) >= 11 is 0. The number of aromatic hydroxyl groups is 10. The molecule has 0 aliphatic heterocycles. The minimum Gasteiger partial charge on any atom is -0.508 e. The number of carboxylic acids is 5. The summed E-state index contributed by atoms with van der Waals surface area (Å²) in [6, 6.07) is 14.0. The molecular weight excluding hydrogens is 1370 g/mol. The van der Waals surface area contributed by atoms with Crippen molar-refractivity contribution in [1.82, 2.24) is 0 Å². The van der Waals surface area contributed by atoms with Crippen molar-refractivity contribution < 1.29 is 153 Å². The van der Waals surface area contributed by atoms with E-state index in [9.17, 15) is 144 Å². The number of aliphatic carboxylic acids is 5. The molecule has 0 aliphatic carbocycles. The fourth-order valence-corrected chi connectivity index (χ4v) is 9.73. The van der Waals surface area contributed by atoms with Gasteiger partial charge < -0.3 is 113 Å². The summed E-state index contributed by atoms with van der Waals surface area (Å²) in [5.74, 6) is -30.3. The zero-order valence-electron chi connectivity index (χ0n) is 51.7. The highest BCUT2D eigenvalue weighted by Gasteiger charge is 2.32. The van der Waals surface area contributed by atoms with Gasteiger partial charge >= 0.3 is 53.7 Å². The Morgan fingerprint density at radius 2 is 0.505 bits per heavy atom. The Hall–Kier alpha value is -15.3. The number of hydrogen-bond acceptors (Lipinski definition) is 26. The van der Waals surface area contributed by atoms with Gasteiger partial charge in [0.05, 0.1) is 87.9 Å². The van der Waals surface area contributed by atoms with Gasteiger partial charge in [0.15, 0.2) is 0 Å². The molecule has 36 nitrogen and oxygen atoms in total. The van der Waals surface area contributed by atoms with E-state index in [0.29, 0.717) is 36.4 Å². The number of anilines is 5. The summed E-state index contributed by atoms with van der Waals surface area (Å²) in [5.41, 5.74) is -12.9. The lowest BCUT2D eigenvalue weighted by Gasteiger charge is -2.16. The van der Waals surface area contributed by atoms with Gasteiger partial charge in [0, 0.05) is 50.6 Å². The molecule has 528 valence electrons. The molecule has 0 unspecified atom stereocenters. The molecular formula is C67H49N5O31. The standard InChI is InChI=1S/C67H49N5O31/c73-43-20-37(48(78)8-25(43)13-53(83)84)59(93)68-32-4-30(5-33(18-32)69-60(94)38-21-44(74)26(9-49(38)79)14-54(85)86)64(98)102-66(100)36-2-1-3-42(72-63(97)41-24-47(77)29(12-52(41)82)17-57(91)92)58(36)67(101)103-65(99)31-6-34(70-61(95)39-22-45(75)27(10-50(39)80)15-55(87)88)19-35(7-31)71-62(96)40-23-46(76)28(11-51(40)81)16-56(89)90/h1-12,18-24,73-82H,13-17H2,(H,68,93)(H,69,94)(H,70,95)(H,71,96)(H,72,97)(H,83,84)(H,85,86)(H,87,88)(H,89,90)(H,91,92). The Labute approximate surface area is 572 Å². The lowest BCUT2D eigenvalue weighted by Crippen LogP contribution is -2.23. The van der Waals surface area contributed by atoms with Crippen LogP contribution >= 0.6 is 0 Å². The summed E-state index contributed by atoms with van der Waals surface area (Å²) in [4.78, 5) is 184. The lowest BCUT2D eigenvalue weighted by molar-refractivity contribution is -0.137. The van der Waals surface area contributed by atoms with Crippen LogP contribution in [0.25, 0.3) is 0 Å². The van der Waals surface area contributed by atoms with Gasteiger partial charge in [0.2, 0.25) is 0 Å². The molecule has 0 aliphatic rings. The zero-order valence-corrected chi connectivity index (χ0v) is 51.7. The van der Waals surface area contributed by atoms with Crippen molar-refractivity contribution in [3.63, 3.8) is 0 Å². The fourth-order valence-electron chi connectivity index (χ4n) is 9.73. The first kappa shape index (κ1) is 73.5. The molecule has 0 heterocycles. The average Bonchev–Trinajstić information content (AvgIpc) is 0.795. The van der Waals surface area contributed by atoms with Crippen molar-refractivity contribution in [2.45, 2.75) is 32.1 Å². The first-order valence-corrected chi connectivity index (χ1v) is 28.8. The Kier molecular flexibility index (Phi) is 21.7. The van der Waals surface area contributed by atoms with E-state index in [0.717, 1.165) is 78.9 Å². The second-order valence-electron chi connectivity index (χ2n) is 21.8. The first-order valence-electron chi connectivity index (χ1n) is 28.8. The van der Waals surface area contributed by atoms with Crippen LogP contribution < -0.4 is 26.6 Å². The van der Waals surface area contributed by atoms with Gasteiger partial charge in [-0.1, -0.05) is 6.07 Å². The van der Waals surface area contributed by atoms with Crippen molar-refractivity contribution in [1.29, 1.82) is 0 Å². The molecule has 0 aromatic heterocycles. The van der Waals surface area contributed by atoms with E-state index in [2.05, 4.69) is 26.6 Å². The molecule has 0 radical (unpaired) electrons. The third-order valence-corrected chi connectivity index (χ3v) is 14.4.